The number of allylic oxidation sites excluding steroid dienone is 1. The molecule has 7 nitrogen and oxygen atoms in total. The number of nitrogens with one attached hydrogen (secondary N) is 1. The molecule has 36 heavy (non-hydrogen) atoms. The second-order valence-corrected chi connectivity index (χ2v) is 8.04. The highest BCUT2D eigenvalue weighted by Crippen LogP contribution is 2.38. The fraction of sp³-hybridized carbons (Fsp3) is 0.172. The first-order chi connectivity index (χ1) is 17.4. The third kappa shape index (κ3) is 5.25. The van der Waals surface area contributed by atoms with E-state index in [1.54, 1.807) is 51.7 Å². The molecule has 1 aromatic heterocycles. The van der Waals surface area contributed by atoms with E-state index in [-0.39, 0.29) is 5.91 Å². The number of anilines is 1. The molecule has 7 heteroatoms. The average molecular weight is 486 g/mol. The lowest BCUT2D eigenvalue weighted by Gasteiger charge is -2.11. The monoisotopic (exact) mass is 485 g/mol. The lowest BCUT2D eigenvalue weighted by atomic mass is 9.99. The van der Waals surface area contributed by atoms with E-state index >= 15 is 0 Å². The minimum atomic E-state index is -0.402. The number of esters is 1. The van der Waals surface area contributed by atoms with Crippen molar-refractivity contribution in [1.29, 1.82) is 0 Å². The molecule has 0 fully saturated rings. The highest BCUT2D eigenvalue weighted by molar-refractivity contribution is 6.05. The summed E-state index contributed by atoms with van der Waals surface area (Å²) in [5.74, 6) is 0.632. The molecule has 1 amide bonds. The number of hydrogen-bond donors (Lipinski definition) is 1. The molecule has 0 bridgehead atoms. The van der Waals surface area contributed by atoms with Gasteiger partial charge in [0.25, 0.3) is 0 Å². The lowest BCUT2D eigenvalue weighted by molar-refractivity contribution is -0.111. The Balaban J connectivity index is 1.61. The number of benzene rings is 3. The van der Waals surface area contributed by atoms with Gasteiger partial charge in [-0.3, -0.25) is 4.79 Å². The zero-order chi connectivity index (χ0) is 25.7. The van der Waals surface area contributed by atoms with Crippen molar-refractivity contribution in [2.24, 2.45) is 0 Å². The smallest absolute Gasteiger partial charge is 0.338 e. The van der Waals surface area contributed by atoms with Crippen molar-refractivity contribution in [2.75, 3.05) is 26.1 Å². The molecule has 0 aliphatic rings. The van der Waals surface area contributed by atoms with Crippen LogP contribution in [0.15, 0.2) is 77.4 Å². The minimum Gasteiger partial charge on any atom is -0.497 e. The van der Waals surface area contributed by atoms with Crippen LogP contribution >= 0.6 is 0 Å². The van der Waals surface area contributed by atoms with Crippen molar-refractivity contribution in [2.45, 2.75) is 13.8 Å². The molecular formula is C29H27NO6. The van der Waals surface area contributed by atoms with Gasteiger partial charge in [0.05, 0.1) is 32.7 Å². The number of ether oxygens (including phenoxy) is 3. The van der Waals surface area contributed by atoms with Crippen LogP contribution in [0.2, 0.25) is 0 Å². The normalized spacial score (nSPS) is 11.3. The molecule has 4 rings (SSSR count). The van der Waals surface area contributed by atoms with Crippen LogP contribution in [-0.2, 0) is 9.53 Å². The molecule has 184 valence electrons. The first kappa shape index (κ1) is 24.6. The summed E-state index contributed by atoms with van der Waals surface area (Å²) in [6.45, 7) is 3.90. The van der Waals surface area contributed by atoms with E-state index in [2.05, 4.69) is 5.32 Å². The fourth-order valence-electron chi connectivity index (χ4n) is 3.90. The number of furan rings is 1. The Morgan fingerprint density at radius 2 is 1.78 bits per heavy atom. The summed E-state index contributed by atoms with van der Waals surface area (Å²) in [4.78, 5) is 24.6. The fourth-order valence-corrected chi connectivity index (χ4v) is 3.90. The largest absolute Gasteiger partial charge is 0.497 e. The van der Waals surface area contributed by atoms with Crippen molar-refractivity contribution in [1.82, 2.24) is 0 Å². The summed E-state index contributed by atoms with van der Waals surface area (Å²) in [7, 11) is 3.21. The standard InChI is InChI=1S/C29H27NO6/c1-5-35-29(32)19-9-11-21(12-10-19)30-28(31)13-18(2)23-15-24-25(17-36-27(24)16-26(23)34-4)20-7-6-8-22(14-20)33-3/h6-17H,5H2,1-4H3,(H,30,31)/b18-13+. The SMILES string of the molecule is CCOC(=O)c1ccc(NC(=O)/C=C(\C)c2cc3c(-c4cccc(OC)c4)coc3cc2OC)cc1. The summed E-state index contributed by atoms with van der Waals surface area (Å²) in [6, 6.07) is 18.1. The number of hydrogen-bond acceptors (Lipinski definition) is 6. The van der Waals surface area contributed by atoms with Gasteiger partial charge in [-0.1, -0.05) is 12.1 Å². The number of methoxy groups -OCH3 is 2. The maximum Gasteiger partial charge on any atom is 0.338 e. The van der Waals surface area contributed by atoms with E-state index in [0.29, 0.717) is 34.8 Å². The van der Waals surface area contributed by atoms with Crippen molar-refractivity contribution in [3.8, 4) is 22.6 Å². The number of amides is 1. The topological polar surface area (TPSA) is 87.0 Å². The Kier molecular flexibility index (Phi) is 7.39. The molecule has 0 aliphatic heterocycles. The molecule has 0 radical (unpaired) electrons. The van der Waals surface area contributed by atoms with Crippen LogP contribution in [-0.4, -0.2) is 32.7 Å². The highest BCUT2D eigenvalue weighted by atomic mass is 16.5. The predicted octanol–water partition coefficient (Wildman–Crippen LogP) is 6.34. The number of rotatable bonds is 8. The van der Waals surface area contributed by atoms with Crippen LogP contribution in [0, 0.1) is 0 Å². The first-order valence-electron chi connectivity index (χ1n) is 11.4. The molecule has 0 saturated carbocycles. The zero-order valence-electron chi connectivity index (χ0n) is 20.6. The van der Waals surface area contributed by atoms with Gasteiger partial charge in [-0.05, 0) is 67.4 Å². The van der Waals surface area contributed by atoms with Crippen molar-refractivity contribution < 1.29 is 28.2 Å². The molecule has 0 saturated heterocycles. The summed E-state index contributed by atoms with van der Waals surface area (Å²) in [5.41, 5.74) is 5.01. The Hall–Kier alpha value is -4.52. The molecule has 0 aliphatic carbocycles. The number of carbonyl (C=O) groups excluding carboxylic acids is 2. The van der Waals surface area contributed by atoms with Gasteiger partial charge in [0.1, 0.15) is 17.1 Å². The van der Waals surface area contributed by atoms with E-state index in [0.717, 1.165) is 27.8 Å². The van der Waals surface area contributed by atoms with Crippen LogP contribution < -0.4 is 14.8 Å². The quantitative estimate of drug-likeness (QED) is 0.232. The van der Waals surface area contributed by atoms with Gasteiger partial charge in [0.15, 0.2) is 0 Å². The summed E-state index contributed by atoms with van der Waals surface area (Å²) in [6.07, 6.45) is 3.21. The lowest BCUT2D eigenvalue weighted by Crippen LogP contribution is -2.09. The predicted molar refractivity (Wildman–Crippen MR) is 139 cm³/mol. The van der Waals surface area contributed by atoms with E-state index in [1.165, 1.54) is 6.08 Å². The zero-order valence-corrected chi connectivity index (χ0v) is 20.6. The van der Waals surface area contributed by atoms with E-state index < -0.39 is 5.97 Å². The van der Waals surface area contributed by atoms with Crippen LogP contribution in [0.5, 0.6) is 11.5 Å². The summed E-state index contributed by atoms with van der Waals surface area (Å²) in [5, 5.41) is 3.71. The molecule has 4 aromatic rings. The molecule has 1 heterocycles. The van der Waals surface area contributed by atoms with Gasteiger partial charge < -0.3 is 23.9 Å². The third-order valence-corrected chi connectivity index (χ3v) is 5.71. The first-order valence-corrected chi connectivity index (χ1v) is 11.4. The summed E-state index contributed by atoms with van der Waals surface area (Å²) < 4.78 is 21.7. The van der Waals surface area contributed by atoms with Crippen LogP contribution in [0.25, 0.3) is 27.7 Å². The Morgan fingerprint density at radius 3 is 2.47 bits per heavy atom. The van der Waals surface area contributed by atoms with Gasteiger partial charge in [-0.25, -0.2) is 4.79 Å². The average Bonchev–Trinajstić information content (AvgIpc) is 3.31. The van der Waals surface area contributed by atoms with Crippen LogP contribution in [0.1, 0.15) is 29.8 Å². The number of fused-ring (bicyclic) bond motifs is 1. The number of carbonyl (C=O) groups is 2. The minimum absolute atomic E-state index is 0.302. The van der Waals surface area contributed by atoms with E-state index in [1.807, 2.05) is 43.3 Å². The second kappa shape index (κ2) is 10.8. The van der Waals surface area contributed by atoms with Crippen molar-refractivity contribution in [3.63, 3.8) is 0 Å². The molecular weight excluding hydrogens is 458 g/mol. The van der Waals surface area contributed by atoms with Gasteiger partial charge in [0, 0.05) is 34.3 Å². The maximum absolute atomic E-state index is 12.7. The molecule has 0 atom stereocenters. The van der Waals surface area contributed by atoms with Crippen molar-refractivity contribution >= 4 is 34.1 Å². The Labute approximate surface area is 209 Å². The Morgan fingerprint density at radius 1 is 1.00 bits per heavy atom. The van der Waals surface area contributed by atoms with E-state index in [4.69, 9.17) is 18.6 Å². The summed E-state index contributed by atoms with van der Waals surface area (Å²) >= 11 is 0. The molecule has 0 unspecified atom stereocenters. The maximum atomic E-state index is 12.7. The third-order valence-electron chi connectivity index (χ3n) is 5.71. The van der Waals surface area contributed by atoms with Gasteiger partial charge in [-0.15, -0.1) is 0 Å². The molecule has 1 N–H and O–H groups in total. The van der Waals surface area contributed by atoms with Crippen LogP contribution in [0.3, 0.4) is 0 Å². The van der Waals surface area contributed by atoms with Gasteiger partial charge in [0.2, 0.25) is 5.91 Å². The van der Waals surface area contributed by atoms with Gasteiger partial charge in [-0.2, -0.15) is 0 Å². The Bertz CT molecular complexity index is 1430. The molecule has 0 spiro atoms. The van der Waals surface area contributed by atoms with Crippen LogP contribution in [0.4, 0.5) is 5.69 Å². The van der Waals surface area contributed by atoms with E-state index in [9.17, 15) is 9.59 Å². The molecule has 3 aromatic carbocycles. The second-order valence-electron chi connectivity index (χ2n) is 8.04. The highest BCUT2D eigenvalue weighted by Gasteiger charge is 2.15. The van der Waals surface area contributed by atoms with Crippen molar-refractivity contribution in [3.05, 3.63) is 84.1 Å². The van der Waals surface area contributed by atoms with Gasteiger partial charge >= 0.3 is 5.97 Å².